The number of imide groups is 1. The highest BCUT2D eigenvalue weighted by atomic mass is 28.4. The molecule has 3 aromatic carbocycles. The highest BCUT2D eigenvalue weighted by molar-refractivity contribution is 6.99. The monoisotopic (exact) mass is 681 g/mol. The van der Waals surface area contributed by atoms with Crippen LogP contribution in [0.3, 0.4) is 0 Å². The van der Waals surface area contributed by atoms with Crippen LogP contribution in [-0.2, 0) is 14.0 Å². The van der Waals surface area contributed by atoms with Crippen LogP contribution in [0.2, 0.25) is 5.04 Å². The van der Waals surface area contributed by atoms with E-state index >= 15 is 0 Å². The van der Waals surface area contributed by atoms with E-state index in [1.165, 1.54) is 17.5 Å². The maximum atomic E-state index is 13.4. The molecule has 3 aromatic rings. The van der Waals surface area contributed by atoms with E-state index in [0.717, 1.165) is 34.4 Å². The van der Waals surface area contributed by atoms with Gasteiger partial charge >= 0.3 is 0 Å². The lowest BCUT2D eigenvalue weighted by Crippen LogP contribution is -2.66. The van der Waals surface area contributed by atoms with E-state index in [1.54, 1.807) is 12.1 Å². The minimum atomic E-state index is -2.97. The summed E-state index contributed by atoms with van der Waals surface area (Å²) in [6, 6.07) is 27.7. The van der Waals surface area contributed by atoms with E-state index in [1.807, 2.05) is 48.5 Å². The Morgan fingerprint density at radius 1 is 0.939 bits per heavy atom. The van der Waals surface area contributed by atoms with E-state index in [9.17, 15) is 24.9 Å². The molecule has 1 aliphatic carbocycles. The van der Waals surface area contributed by atoms with Crippen LogP contribution in [0, 0.1) is 17.8 Å². The van der Waals surface area contributed by atoms with Gasteiger partial charge in [-0.1, -0.05) is 119 Å². The van der Waals surface area contributed by atoms with Crippen molar-refractivity contribution in [2.45, 2.75) is 70.9 Å². The van der Waals surface area contributed by atoms with Gasteiger partial charge in [0.25, 0.3) is 8.32 Å². The average molecular weight is 682 g/mol. The van der Waals surface area contributed by atoms with Crippen LogP contribution in [0.1, 0.15) is 65.4 Å². The van der Waals surface area contributed by atoms with Crippen molar-refractivity contribution in [3.05, 3.63) is 107 Å². The molecular formula is C41H51NO6Si. The molecule has 0 radical (unpaired) electrons. The molecule has 2 amide bonds. The maximum absolute atomic E-state index is 13.4. The summed E-state index contributed by atoms with van der Waals surface area (Å²) < 4.78 is 7.32. The third-order valence-electron chi connectivity index (χ3n) is 10.4. The van der Waals surface area contributed by atoms with Gasteiger partial charge in [0.05, 0.1) is 31.2 Å². The lowest BCUT2D eigenvalue weighted by atomic mass is 9.68. The number of amides is 2. The number of carbonyl (C=O) groups excluding carboxylic acids is 2. The SMILES string of the molecule is CCC/C(=C\c1ccc(O)cc1)CC[C@@H](O)C1=C(CO[Si](c2ccccc2)(c2ccccc2)C(C)(C)C)C[C@H]2C(=O)N(C)C(=O)[C@H]2[C@H]1CO. The average Bonchev–Trinajstić information content (AvgIpc) is 3.31. The molecule has 1 heterocycles. The number of hydrogen-bond donors (Lipinski definition) is 3. The Bertz CT molecular complexity index is 1620. The number of phenolic OH excluding ortho intramolecular Hbond substituents is 1. The number of hydrogen-bond acceptors (Lipinski definition) is 6. The molecule has 0 aromatic heterocycles. The summed E-state index contributed by atoms with van der Waals surface area (Å²) in [5.74, 6) is -2.35. The summed E-state index contributed by atoms with van der Waals surface area (Å²) in [7, 11) is -1.46. The molecule has 5 rings (SSSR count). The molecule has 49 heavy (non-hydrogen) atoms. The number of aliphatic hydroxyl groups is 2. The fourth-order valence-corrected chi connectivity index (χ4v) is 12.6. The Kier molecular flexibility index (Phi) is 11.4. The first-order valence-electron chi connectivity index (χ1n) is 17.5. The van der Waals surface area contributed by atoms with Crippen LogP contribution in [-0.4, -0.2) is 66.7 Å². The predicted octanol–water partition coefficient (Wildman–Crippen LogP) is 5.83. The lowest BCUT2D eigenvalue weighted by molar-refractivity contribution is -0.138. The number of carbonyl (C=O) groups is 2. The normalized spacial score (nSPS) is 20.9. The van der Waals surface area contributed by atoms with Crippen molar-refractivity contribution in [3.8, 4) is 5.75 Å². The molecule has 8 heteroatoms. The fraction of sp³-hybridized carbons (Fsp3) is 0.415. The van der Waals surface area contributed by atoms with Gasteiger partial charge in [0, 0.05) is 13.0 Å². The van der Waals surface area contributed by atoms with Crippen molar-refractivity contribution in [1.82, 2.24) is 4.90 Å². The van der Waals surface area contributed by atoms with Crippen molar-refractivity contribution in [1.29, 1.82) is 0 Å². The number of phenols is 1. The first-order chi connectivity index (χ1) is 23.4. The van der Waals surface area contributed by atoms with Crippen molar-refractivity contribution in [2.24, 2.45) is 17.8 Å². The van der Waals surface area contributed by atoms with Crippen LogP contribution in [0.5, 0.6) is 5.75 Å². The van der Waals surface area contributed by atoms with Crippen LogP contribution < -0.4 is 10.4 Å². The van der Waals surface area contributed by atoms with Gasteiger partial charge in [-0.2, -0.15) is 0 Å². The fourth-order valence-electron chi connectivity index (χ4n) is 8.08. The van der Waals surface area contributed by atoms with Gasteiger partial charge in [-0.05, 0) is 69.9 Å². The van der Waals surface area contributed by atoms with Crippen molar-refractivity contribution < 1.29 is 29.3 Å². The summed E-state index contributed by atoms with van der Waals surface area (Å²) in [6.07, 6.45) is 4.26. The topological polar surface area (TPSA) is 107 Å². The zero-order valence-corrected chi connectivity index (χ0v) is 30.4. The molecule has 1 aliphatic heterocycles. The quantitative estimate of drug-likeness (QED) is 0.119. The molecule has 0 saturated carbocycles. The van der Waals surface area contributed by atoms with Crippen LogP contribution >= 0.6 is 0 Å². The van der Waals surface area contributed by atoms with Gasteiger partial charge in [0.15, 0.2) is 0 Å². The Labute approximate surface area is 292 Å². The van der Waals surface area contributed by atoms with E-state index in [4.69, 9.17) is 4.43 Å². The van der Waals surface area contributed by atoms with Gasteiger partial charge in [0.1, 0.15) is 5.75 Å². The second-order valence-electron chi connectivity index (χ2n) is 14.6. The number of rotatable bonds is 13. The molecule has 1 saturated heterocycles. The number of nitrogens with zero attached hydrogens (tertiary/aromatic N) is 1. The molecule has 4 atom stereocenters. The van der Waals surface area contributed by atoms with Gasteiger partial charge in [0.2, 0.25) is 11.8 Å². The van der Waals surface area contributed by atoms with Gasteiger partial charge in [-0.25, -0.2) is 0 Å². The molecule has 0 bridgehead atoms. The number of aromatic hydroxyl groups is 1. The first kappa shape index (κ1) is 36.5. The highest BCUT2D eigenvalue weighted by Crippen LogP contribution is 2.47. The third kappa shape index (κ3) is 7.38. The Balaban J connectivity index is 1.56. The molecule has 0 unspecified atom stereocenters. The van der Waals surface area contributed by atoms with Gasteiger partial charge in [-0.3, -0.25) is 14.5 Å². The molecule has 3 N–H and O–H groups in total. The Morgan fingerprint density at radius 3 is 2.06 bits per heavy atom. The number of fused-ring (bicyclic) bond motifs is 1. The molecule has 0 spiro atoms. The summed E-state index contributed by atoms with van der Waals surface area (Å²) in [4.78, 5) is 28.0. The molecule has 7 nitrogen and oxygen atoms in total. The zero-order valence-electron chi connectivity index (χ0n) is 29.4. The maximum Gasteiger partial charge on any atom is 0.261 e. The largest absolute Gasteiger partial charge is 0.508 e. The second-order valence-corrected chi connectivity index (χ2v) is 18.9. The molecule has 260 valence electrons. The van der Waals surface area contributed by atoms with Crippen LogP contribution in [0.15, 0.2) is 102 Å². The van der Waals surface area contributed by atoms with E-state index < -0.39 is 32.2 Å². The van der Waals surface area contributed by atoms with Crippen LogP contribution in [0.25, 0.3) is 6.08 Å². The smallest absolute Gasteiger partial charge is 0.261 e. The van der Waals surface area contributed by atoms with Gasteiger partial charge < -0.3 is 19.7 Å². The number of allylic oxidation sites excluding steroid dienone is 1. The lowest BCUT2D eigenvalue weighted by Gasteiger charge is -2.44. The molecular weight excluding hydrogens is 631 g/mol. The molecule has 1 fully saturated rings. The first-order valence-corrected chi connectivity index (χ1v) is 19.4. The zero-order chi connectivity index (χ0) is 35.3. The number of likely N-dealkylation sites (tertiary alicyclic amines) is 1. The number of aliphatic hydroxyl groups excluding tert-OH is 2. The standard InChI is InChI=1S/C41H51NO6Si/c1-6-13-28(24-29-18-21-31(44)22-19-29)20-23-36(45)37-30(25-34-38(35(37)26-43)40(47)42(5)39(34)46)27-48-49(41(2,3)4,32-14-9-7-10-15-32)33-16-11-8-12-17-33/h7-12,14-19,21-22,24,34-36,38,43-45H,6,13,20,23,25-27H2,1-5H3/b28-24+/t34-,35+,36-,38-/m1/s1. The van der Waals surface area contributed by atoms with Crippen LogP contribution in [0.4, 0.5) is 0 Å². The second kappa shape index (κ2) is 15.4. The summed E-state index contributed by atoms with van der Waals surface area (Å²) in [5, 5.41) is 34.6. The minimum absolute atomic E-state index is 0.176. The van der Waals surface area contributed by atoms with E-state index in [2.05, 4.69) is 58.0 Å². The van der Waals surface area contributed by atoms with E-state index in [-0.39, 0.29) is 35.8 Å². The Morgan fingerprint density at radius 2 is 1.53 bits per heavy atom. The summed E-state index contributed by atoms with van der Waals surface area (Å²) in [5.41, 5.74) is 3.58. The highest BCUT2D eigenvalue weighted by Gasteiger charge is 2.55. The minimum Gasteiger partial charge on any atom is -0.508 e. The summed E-state index contributed by atoms with van der Waals surface area (Å²) >= 11 is 0. The van der Waals surface area contributed by atoms with Crippen molar-refractivity contribution in [2.75, 3.05) is 20.3 Å². The molecule has 2 aliphatic rings. The predicted molar refractivity (Wildman–Crippen MR) is 197 cm³/mol. The van der Waals surface area contributed by atoms with Crippen molar-refractivity contribution >= 4 is 36.6 Å². The van der Waals surface area contributed by atoms with Gasteiger partial charge in [-0.15, -0.1) is 0 Å². The summed E-state index contributed by atoms with van der Waals surface area (Å²) in [6.45, 7) is 8.57. The number of benzene rings is 3. The van der Waals surface area contributed by atoms with Crippen molar-refractivity contribution in [3.63, 3.8) is 0 Å². The Hall–Kier alpha value is -3.82. The van der Waals surface area contributed by atoms with E-state index in [0.29, 0.717) is 24.8 Å². The third-order valence-corrected chi connectivity index (χ3v) is 15.4.